The van der Waals surface area contributed by atoms with Crippen molar-refractivity contribution in [3.8, 4) is 0 Å². The van der Waals surface area contributed by atoms with E-state index in [-0.39, 0.29) is 9.92 Å². The zero-order chi connectivity index (χ0) is 18.5. The van der Waals surface area contributed by atoms with Crippen LogP contribution in [0.5, 0.6) is 0 Å². The number of nitrogens with one attached hydrogen (secondary N) is 1. The van der Waals surface area contributed by atoms with Crippen LogP contribution in [0, 0.1) is 0 Å². The lowest BCUT2D eigenvalue weighted by molar-refractivity contribution is 0.544. The first-order valence-electron chi connectivity index (χ1n) is 9.42. The van der Waals surface area contributed by atoms with Crippen molar-refractivity contribution in [2.75, 3.05) is 6.54 Å². The van der Waals surface area contributed by atoms with Crippen molar-refractivity contribution >= 4 is 33.2 Å². The van der Waals surface area contributed by atoms with E-state index >= 15 is 0 Å². The Kier molecular flexibility index (Phi) is 11.8. The summed E-state index contributed by atoms with van der Waals surface area (Å²) in [6, 6.07) is 4.46. The fourth-order valence-electron chi connectivity index (χ4n) is 2.76. The largest absolute Gasteiger partial charge is 0.242 e. The Hall–Kier alpha value is -0.290. The third kappa shape index (κ3) is 9.83. The third-order valence-corrected chi connectivity index (χ3v) is 6.43. The minimum atomic E-state index is -3.59. The molecule has 0 saturated heterocycles. The number of sulfonamides is 1. The lowest BCUT2D eigenvalue weighted by Crippen LogP contribution is -2.25. The molecule has 1 aromatic rings. The van der Waals surface area contributed by atoms with E-state index in [1.165, 1.54) is 63.5 Å². The van der Waals surface area contributed by atoms with Gasteiger partial charge in [0.1, 0.15) is 4.90 Å². The highest BCUT2D eigenvalue weighted by molar-refractivity contribution is 7.89. The molecule has 25 heavy (non-hydrogen) atoms. The first kappa shape index (κ1) is 22.8. The highest BCUT2D eigenvalue weighted by Gasteiger charge is 2.17. The van der Waals surface area contributed by atoms with E-state index in [4.69, 9.17) is 23.2 Å². The van der Waals surface area contributed by atoms with Crippen molar-refractivity contribution in [2.24, 2.45) is 0 Å². The molecule has 0 heterocycles. The van der Waals surface area contributed by atoms with Crippen LogP contribution in [0.3, 0.4) is 0 Å². The number of unbranched alkanes of at least 4 members (excludes halogenated alkanes) is 10. The van der Waals surface area contributed by atoms with Crippen molar-refractivity contribution in [1.29, 1.82) is 0 Å². The fourth-order valence-corrected chi connectivity index (χ4v) is 4.59. The quantitative estimate of drug-likeness (QED) is 0.353. The highest BCUT2D eigenvalue weighted by atomic mass is 35.5. The average Bonchev–Trinajstić information content (AvgIpc) is 2.58. The molecule has 1 aromatic carbocycles. The molecule has 0 aliphatic carbocycles. The molecule has 0 bridgehead atoms. The van der Waals surface area contributed by atoms with Crippen LogP contribution in [-0.4, -0.2) is 15.0 Å². The molecule has 1 N–H and O–H groups in total. The van der Waals surface area contributed by atoms with Crippen molar-refractivity contribution in [3.05, 3.63) is 28.2 Å². The van der Waals surface area contributed by atoms with Gasteiger partial charge in [0.15, 0.2) is 0 Å². The molecule has 144 valence electrons. The Morgan fingerprint density at radius 3 is 1.92 bits per heavy atom. The van der Waals surface area contributed by atoms with E-state index in [2.05, 4.69) is 11.6 Å². The minimum Gasteiger partial charge on any atom is -0.211 e. The molecule has 0 atom stereocenters. The van der Waals surface area contributed by atoms with Crippen LogP contribution >= 0.6 is 23.2 Å². The van der Waals surface area contributed by atoms with E-state index in [0.717, 1.165) is 19.3 Å². The SMILES string of the molecule is CCCCCCCCCCCCCNS(=O)(=O)c1cc(Cl)ccc1Cl. The first-order valence-corrected chi connectivity index (χ1v) is 11.7. The van der Waals surface area contributed by atoms with Gasteiger partial charge in [0.25, 0.3) is 0 Å². The molecular formula is C19H31Cl2NO2S. The van der Waals surface area contributed by atoms with Crippen molar-refractivity contribution < 1.29 is 8.42 Å². The number of hydrogen-bond acceptors (Lipinski definition) is 2. The van der Waals surface area contributed by atoms with Gasteiger partial charge >= 0.3 is 0 Å². The summed E-state index contributed by atoms with van der Waals surface area (Å²) in [5, 5.41) is 0.551. The summed E-state index contributed by atoms with van der Waals surface area (Å²) < 4.78 is 27.1. The number of rotatable bonds is 14. The molecular weight excluding hydrogens is 377 g/mol. The van der Waals surface area contributed by atoms with E-state index in [9.17, 15) is 8.42 Å². The second kappa shape index (κ2) is 13.0. The smallest absolute Gasteiger partial charge is 0.211 e. The molecule has 0 unspecified atom stereocenters. The number of benzene rings is 1. The summed E-state index contributed by atoms with van der Waals surface area (Å²) in [6.45, 7) is 2.67. The standard InChI is InChI=1S/C19H31Cl2NO2S/c1-2-3-4-5-6-7-8-9-10-11-12-15-22-25(23,24)19-16-17(20)13-14-18(19)21/h13-14,16,22H,2-12,15H2,1H3. The topological polar surface area (TPSA) is 46.2 Å². The number of halogens is 2. The summed E-state index contributed by atoms with van der Waals surface area (Å²) in [5.41, 5.74) is 0. The van der Waals surface area contributed by atoms with Gasteiger partial charge in [0.2, 0.25) is 10.0 Å². The highest BCUT2D eigenvalue weighted by Crippen LogP contribution is 2.24. The van der Waals surface area contributed by atoms with E-state index in [1.54, 1.807) is 6.07 Å². The van der Waals surface area contributed by atoms with Crippen LogP contribution in [0.4, 0.5) is 0 Å². The molecule has 0 spiro atoms. The number of hydrogen-bond donors (Lipinski definition) is 1. The van der Waals surface area contributed by atoms with Gasteiger partial charge in [-0.25, -0.2) is 13.1 Å². The Labute approximate surface area is 163 Å². The van der Waals surface area contributed by atoms with Crippen LogP contribution in [0.1, 0.15) is 77.6 Å². The van der Waals surface area contributed by atoms with Crippen molar-refractivity contribution in [2.45, 2.75) is 82.4 Å². The van der Waals surface area contributed by atoms with Gasteiger partial charge < -0.3 is 0 Å². The summed E-state index contributed by atoms with van der Waals surface area (Å²) >= 11 is 11.8. The zero-order valence-electron chi connectivity index (χ0n) is 15.2. The molecule has 0 aliphatic heterocycles. The van der Waals surface area contributed by atoms with Crippen LogP contribution in [0.2, 0.25) is 10.0 Å². The Bertz CT molecular complexity index is 591. The van der Waals surface area contributed by atoms with Gasteiger partial charge in [-0.3, -0.25) is 0 Å². The molecule has 0 aliphatic rings. The minimum absolute atomic E-state index is 0.0461. The Balaban J connectivity index is 2.10. The Morgan fingerprint density at radius 1 is 0.840 bits per heavy atom. The second-order valence-electron chi connectivity index (χ2n) is 6.51. The van der Waals surface area contributed by atoms with Crippen molar-refractivity contribution in [1.82, 2.24) is 4.72 Å². The van der Waals surface area contributed by atoms with Gasteiger partial charge in [-0.05, 0) is 24.6 Å². The molecule has 0 saturated carbocycles. The Morgan fingerprint density at radius 2 is 1.36 bits per heavy atom. The van der Waals surface area contributed by atoms with Gasteiger partial charge in [-0.1, -0.05) is 94.3 Å². The van der Waals surface area contributed by atoms with Crippen LogP contribution < -0.4 is 4.72 Å². The predicted octanol–water partition coefficient (Wildman–Crippen LogP) is 6.58. The normalized spacial score (nSPS) is 11.8. The van der Waals surface area contributed by atoms with Crippen LogP contribution in [-0.2, 0) is 10.0 Å². The molecule has 0 amide bonds. The van der Waals surface area contributed by atoms with Crippen LogP contribution in [0.25, 0.3) is 0 Å². The average molecular weight is 408 g/mol. The van der Waals surface area contributed by atoms with Gasteiger partial charge in [0.05, 0.1) is 5.02 Å². The summed E-state index contributed by atoms with van der Waals surface area (Å²) in [4.78, 5) is 0.0461. The summed E-state index contributed by atoms with van der Waals surface area (Å²) in [7, 11) is -3.59. The van der Waals surface area contributed by atoms with Crippen LogP contribution in [0.15, 0.2) is 23.1 Å². The molecule has 0 aromatic heterocycles. The molecule has 1 rings (SSSR count). The fraction of sp³-hybridized carbons (Fsp3) is 0.684. The predicted molar refractivity (Wildman–Crippen MR) is 108 cm³/mol. The van der Waals surface area contributed by atoms with Gasteiger partial charge in [-0.2, -0.15) is 0 Å². The van der Waals surface area contributed by atoms with E-state index < -0.39 is 10.0 Å². The molecule has 0 fully saturated rings. The lowest BCUT2D eigenvalue weighted by atomic mass is 10.1. The summed E-state index contributed by atoms with van der Waals surface area (Å²) in [5.74, 6) is 0. The monoisotopic (exact) mass is 407 g/mol. The maximum Gasteiger partial charge on any atom is 0.242 e. The maximum absolute atomic E-state index is 12.2. The van der Waals surface area contributed by atoms with Gasteiger partial charge in [-0.15, -0.1) is 0 Å². The molecule has 6 heteroatoms. The second-order valence-corrected chi connectivity index (χ2v) is 9.09. The molecule has 0 radical (unpaired) electrons. The first-order chi connectivity index (χ1) is 12.0. The molecule has 3 nitrogen and oxygen atoms in total. The zero-order valence-corrected chi connectivity index (χ0v) is 17.5. The maximum atomic E-state index is 12.2. The van der Waals surface area contributed by atoms with E-state index in [1.807, 2.05) is 0 Å². The van der Waals surface area contributed by atoms with Gasteiger partial charge in [0, 0.05) is 11.6 Å². The third-order valence-electron chi connectivity index (χ3n) is 4.26. The van der Waals surface area contributed by atoms with E-state index in [0.29, 0.717) is 11.6 Å². The lowest BCUT2D eigenvalue weighted by Gasteiger charge is -2.08. The van der Waals surface area contributed by atoms with Crippen molar-refractivity contribution in [3.63, 3.8) is 0 Å². The summed E-state index contributed by atoms with van der Waals surface area (Å²) in [6.07, 6.45) is 13.6.